The normalized spacial score (nSPS) is 10.4. The molecular weight excluding hydrogens is 254 g/mol. The molecule has 0 radical (unpaired) electrons. The minimum Gasteiger partial charge on any atom is -0.491 e. The smallest absolute Gasteiger partial charge is 0.336 e. The summed E-state index contributed by atoms with van der Waals surface area (Å²) < 4.78 is 10.3. The Morgan fingerprint density at radius 2 is 2.11 bits per heavy atom. The number of nitrogens with zero attached hydrogens (tertiary/aromatic N) is 1. The third-order valence-corrected chi connectivity index (χ3v) is 2.47. The van der Waals surface area contributed by atoms with Crippen LogP contribution in [0.15, 0.2) is 33.5 Å². The molecule has 7 nitrogen and oxygen atoms in total. The van der Waals surface area contributed by atoms with Crippen LogP contribution in [0.25, 0.3) is 11.0 Å². The molecule has 0 unspecified atom stereocenters. The maximum atomic E-state index is 11.2. The molecule has 7 heteroatoms. The maximum absolute atomic E-state index is 11.2. The van der Waals surface area contributed by atoms with Crippen molar-refractivity contribution in [2.45, 2.75) is 6.92 Å². The van der Waals surface area contributed by atoms with Crippen LogP contribution in [0.5, 0.6) is 5.75 Å². The van der Waals surface area contributed by atoms with Crippen LogP contribution < -0.4 is 10.4 Å². The van der Waals surface area contributed by atoms with Gasteiger partial charge in [0.25, 0.3) is 5.09 Å². The Labute approximate surface area is 107 Å². The molecule has 1 aromatic carbocycles. The third-order valence-electron chi connectivity index (χ3n) is 2.47. The molecule has 0 fully saturated rings. The van der Waals surface area contributed by atoms with Crippen molar-refractivity contribution < 1.29 is 19.1 Å². The molecule has 0 spiro atoms. The fraction of sp³-hybridized carbons (Fsp3) is 0.250. The molecule has 0 amide bonds. The van der Waals surface area contributed by atoms with Gasteiger partial charge in [0.15, 0.2) is 0 Å². The molecule has 0 atom stereocenters. The Morgan fingerprint density at radius 1 is 1.32 bits per heavy atom. The van der Waals surface area contributed by atoms with E-state index in [4.69, 9.17) is 9.15 Å². The molecule has 0 aliphatic heterocycles. The topological polar surface area (TPSA) is 91.8 Å². The summed E-state index contributed by atoms with van der Waals surface area (Å²) in [4.78, 5) is 25.3. The van der Waals surface area contributed by atoms with Gasteiger partial charge in [0.05, 0.1) is 0 Å². The van der Waals surface area contributed by atoms with E-state index in [9.17, 15) is 14.9 Å². The van der Waals surface area contributed by atoms with Gasteiger partial charge in [-0.3, -0.25) is 0 Å². The number of aryl methyl sites for hydroxylation is 1. The van der Waals surface area contributed by atoms with Crippen LogP contribution >= 0.6 is 0 Å². The molecule has 0 aliphatic carbocycles. The second kappa shape index (κ2) is 5.38. The van der Waals surface area contributed by atoms with Crippen LogP contribution in [0, 0.1) is 17.0 Å². The van der Waals surface area contributed by atoms with Gasteiger partial charge in [-0.25, -0.2) is 4.79 Å². The minimum absolute atomic E-state index is 0.0303. The summed E-state index contributed by atoms with van der Waals surface area (Å²) in [6.07, 6.45) is 0. The Kier molecular flexibility index (Phi) is 3.65. The highest BCUT2D eigenvalue weighted by Gasteiger charge is 2.04. The largest absolute Gasteiger partial charge is 0.491 e. The molecule has 2 rings (SSSR count). The van der Waals surface area contributed by atoms with E-state index in [1.807, 2.05) is 6.92 Å². The zero-order chi connectivity index (χ0) is 13.8. The van der Waals surface area contributed by atoms with Crippen molar-refractivity contribution in [3.05, 3.63) is 50.4 Å². The first-order chi connectivity index (χ1) is 9.06. The fourth-order valence-corrected chi connectivity index (χ4v) is 1.67. The highest BCUT2D eigenvalue weighted by Crippen LogP contribution is 2.22. The van der Waals surface area contributed by atoms with E-state index in [0.29, 0.717) is 11.3 Å². The van der Waals surface area contributed by atoms with Gasteiger partial charge in [-0.05, 0) is 24.6 Å². The van der Waals surface area contributed by atoms with Crippen LogP contribution in [0.1, 0.15) is 5.56 Å². The standard InChI is InChI=1S/C12H11NO6/c1-8-6-12(14)19-11-7-9(2-3-10(8)11)17-4-5-18-13(15)16/h2-3,6-7H,4-5H2,1H3. The first-order valence-electron chi connectivity index (χ1n) is 5.51. The number of rotatable bonds is 5. The van der Waals surface area contributed by atoms with Crippen molar-refractivity contribution >= 4 is 11.0 Å². The molecule has 1 aromatic heterocycles. The summed E-state index contributed by atoms with van der Waals surface area (Å²) in [5.74, 6) is 0.452. The first-order valence-corrected chi connectivity index (χ1v) is 5.51. The van der Waals surface area contributed by atoms with Gasteiger partial charge in [0, 0.05) is 17.5 Å². The first kappa shape index (κ1) is 12.9. The highest BCUT2D eigenvalue weighted by atomic mass is 17.0. The van der Waals surface area contributed by atoms with Crippen molar-refractivity contribution in [1.82, 2.24) is 0 Å². The average molecular weight is 265 g/mol. The Bertz CT molecular complexity index is 663. The van der Waals surface area contributed by atoms with E-state index >= 15 is 0 Å². The van der Waals surface area contributed by atoms with E-state index in [1.165, 1.54) is 6.07 Å². The zero-order valence-electron chi connectivity index (χ0n) is 10.1. The number of hydrogen-bond acceptors (Lipinski definition) is 6. The van der Waals surface area contributed by atoms with Crippen LogP contribution in [0.4, 0.5) is 0 Å². The number of fused-ring (bicyclic) bond motifs is 1. The Morgan fingerprint density at radius 3 is 2.84 bits per heavy atom. The predicted octanol–water partition coefficient (Wildman–Crippen LogP) is 1.69. The second-order valence-electron chi connectivity index (χ2n) is 3.81. The van der Waals surface area contributed by atoms with Crippen molar-refractivity contribution in [2.24, 2.45) is 0 Å². The van der Waals surface area contributed by atoms with Crippen molar-refractivity contribution in [3.8, 4) is 5.75 Å². The average Bonchev–Trinajstić information content (AvgIpc) is 2.33. The molecule has 2 aromatic rings. The molecule has 0 saturated carbocycles. The van der Waals surface area contributed by atoms with E-state index in [2.05, 4.69) is 4.84 Å². The van der Waals surface area contributed by atoms with E-state index in [0.717, 1.165) is 10.9 Å². The lowest BCUT2D eigenvalue weighted by atomic mass is 10.1. The zero-order valence-corrected chi connectivity index (χ0v) is 10.1. The summed E-state index contributed by atoms with van der Waals surface area (Å²) in [6, 6.07) is 6.43. The number of ether oxygens (including phenoxy) is 1. The number of hydrogen-bond donors (Lipinski definition) is 0. The van der Waals surface area contributed by atoms with Crippen LogP contribution in [0.2, 0.25) is 0 Å². The van der Waals surface area contributed by atoms with E-state index in [-0.39, 0.29) is 13.2 Å². The van der Waals surface area contributed by atoms with Gasteiger partial charge in [-0.15, -0.1) is 10.1 Å². The van der Waals surface area contributed by atoms with E-state index < -0.39 is 10.7 Å². The fourth-order valence-electron chi connectivity index (χ4n) is 1.67. The van der Waals surface area contributed by atoms with Gasteiger partial charge in [-0.2, -0.15) is 0 Å². The van der Waals surface area contributed by atoms with Crippen LogP contribution in [-0.4, -0.2) is 18.3 Å². The van der Waals surface area contributed by atoms with Crippen molar-refractivity contribution in [2.75, 3.05) is 13.2 Å². The molecule has 100 valence electrons. The minimum atomic E-state index is -0.883. The monoisotopic (exact) mass is 265 g/mol. The summed E-state index contributed by atoms with van der Waals surface area (Å²) in [6.45, 7) is 1.68. The van der Waals surface area contributed by atoms with Crippen LogP contribution in [0.3, 0.4) is 0 Å². The molecule has 19 heavy (non-hydrogen) atoms. The van der Waals surface area contributed by atoms with Gasteiger partial charge in [-0.1, -0.05) is 0 Å². The lowest BCUT2D eigenvalue weighted by molar-refractivity contribution is -0.757. The van der Waals surface area contributed by atoms with Crippen molar-refractivity contribution in [1.29, 1.82) is 0 Å². The summed E-state index contributed by atoms with van der Waals surface area (Å²) in [5.41, 5.74) is 0.797. The summed E-state index contributed by atoms with van der Waals surface area (Å²) in [7, 11) is 0. The summed E-state index contributed by atoms with van der Waals surface area (Å²) in [5, 5.41) is 9.87. The third kappa shape index (κ3) is 3.21. The van der Waals surface area contributed by atoms with Crippen LogP contribution in [-0.2, 0) is 4.84 Å². The van der Waals surface area contributed by atoms with Gasteiger partial charge >= 0.3 is 5.63 Å². The Hall–Kier alpha value is -2.57. The van der Waals surface area contributed by atoms with Crippen molar-refractivity contribution in [3.63, 3.8) is 0 Å². The quantitative estimate of drug-likeness (QED) is 0.353. The van der Waals surface area contributed by atoms with E-state index in [1.54, 1.807) is 18.2 Å². The van der Waals surface area contributed by atoms with Gasteiger partial charge in [0.1, 0.15) is 24.5 Å². The van der Waals surface area contributed by atoms with Gasteiger partial charge in [0.2, 0.25) is 0 Å². The number of benzene rings is 1. The highest BCUT2D eigenvalue weighted by molar-refractivity contribution is 5.81. The second-order valence-corrected chi connectivity index (χ2v) is 3.81. The summed E-state index contributed by atoms with van der Waals surface area (Å²) >= 11 is 0. The Balaban J connectivity index is 2.13. The molecule has 0 bridgehead atoms. The lowest BCUT2D eigenvalue weighted by Crippen LogP contribution is -2.10. The molecule has 0 N–H and O–H groups in total. The maximum Gasteiger partial charge on any atom is 0.336 e. The molecule has 1 heterocycles. The SMILES string of the molecule is Cc1cc(=O)oc2cc(OCCO[N+](=O)[O-])ccc12. The molecular formula is C12H11NO6. The lowest BCUT2D eigenvalue weighted by Gasteiger charge is -2.06. The predicted molar refractivity (Wildman–Crippen MR) is 65.7 cm³/mol. The molecule has 0 saturated heterocycles. The molecule has 0 aliphatic rings. The van der Waals surface area contributed by atoms with Gasteiger partial charge < -0.3 is 14.0 Å².